The molecule has 4 nitrogen and oxygen atoms in total. The van der Waals surface area contributed by atoms with Gasteiger partial charge in [-0.1, -0.05) is 0 Å². The van der Waals surface area contributed by atoms with Crippen molar-refractivity contribution in [2.75, 3.05) is 0 Å². The molecule has 0 saturated heterocycles. The molecule has 4 heteroatoms. The first kappa shape index (κ1) is 8.29. The average molecular weight is 180 g/mol. The van der Waals surface area contributed by atoms with Gasteiger partial charge in [-0.05, 0) is 31.2 Å². The van der Waals surface area contributed by atoms with Gasteiger partial charge in [0.25, 0.3) is 0 Å². The van der Waals surface area contributed by atoms with Gasteiger partial charge in [-0.25, -0.2) is 4.79 Å². The van der Waals surface area contributed by atoms with E-state index in [1.165, 1.54) is 17.5 Å². The van der Waals surface area contributed by atoms with E-state index in [1.54, 1.807) is 13.1 Å². The lowest BCUT2D eigenvalue weighted by molar-refractivity contribution is 0.0685. The highest BCUT2D eigenvalue weighted by Gasteiger charge is 2.23. The lowest BCUT2D eigenvalue weighted by atomic mass is 10.2. The van der Waals surface area contributed by atoms with Crippen LogP contribution < -0.4 is 0 Å². The number of rotatable bonds is 3. The zero-order chi connectivity index (χ0) is 9.42. The molecular formula is C9H12N2O2. The molecule has 1 aliphatic carbocycles. The second kappa shape index (κ2) is 2.87. The van der Waals surface area contributed by atoms with Crippen molar-refractivity contribution in [2.45, 2.75) is 19.3 Å². The topological polar surface area (TPSA) is 55.1 Å². The van der Waals surface area contributed by atoms with E-state index in [4.69, 9.17) is 5.11 Å². The average Bonchev–Trinajstić information content (AvgIpc) is 2.75. The third-order valence-corrected chi connectivity index (χ3v) is 2.34. The van der Waals surface area contributed by atoms with Gasteiger partial charge in [-0.2, -0.15) is 5.10 Å². The SMILES string of the molecule is Cn1nc(CC2CC2)cc1C(=O)O. The van der Waals surface area contributed by atoms with Crippen LogP contribution in [0.4, 0.5) is 0 Å². The van der Waals surface area contributed by atoms with Crippen LogP contribution in [-0.4, -0.2) is 20.9 Å². The molecule has 1 aliphatic rings. The van der Waals surface area contributed by atoms with E-state index in [-0.39, 0.29) is 5.69 Å². The Kier molecular flexibility index (Phi) is 1.83. The quantitative estimate of drug-likeness (QED) is 0.757. The highest BCUT2D eigenvalue weighted by Crippen LogP contribution is 2.32. The molecule has 0 bridgehead atoms. The Labute approximate surface area is 76.2 Å². The van der Waals surface area contributed by atoms with E-state index in [2.05, 4.69) is 5.10 Å². The lowest BCUT2D eigenvalue weighted by Crippen LogP contribution is -2.04. The number of nitrogens with zero attached hydrogens (tertiary/aromatic N) is 2. The van der Waals surface area contributed by atoms with Crippen molar-refractivity contribution in [1.29, 1.82) is 0 Å². The number of aromatic nitrogens is 2. The summed E-state index contributed by atoms with van der Waals surface area (Å²) >= 11 is 0. The maximum absolute atomic E-state index is 10.7. The fraction of sp³-hybridized carbons (Fsp3) is 0.556. The number of hydrogen-bond donors (Lipinski definition) is 1. The lowest BCUT2D eigenvalue weighted by Gasteiger charge is -1.91. The van der Waals surface area contributed by atoms with Crippen LogP contribution in [-0.2, 0) is 13.5 Å². The monoisotopic (exact) mass is 180 g/mol. The maximum Gasteiger partial charge on any atom is 0.354 e. The highest BCUT2D eigenvalue weighted by atomic mass is 16.4. The number of aromatic carboxylic acids is 1. The van der Waals surface area contributed by atoms with Gasteiger partial charge < -0.3 is 5.11 Å². The normalized spacial score (nSPS) is 16.1. The van der Waals surface area contributed by atoms with Crippen molar-refractivity contribution in [2.24, 2.45) is 13.0 Å². The molecule has 0 unspecified atom stereocenters. The van der Waals surface area contributed by atoms with Crippen LogP contribution >= 0.6 is 0 Å². The van der Waals surface area contributed by atoms with E-state index >= 15 is 0 Å². The number of carbonyl (C=O) groups is 1. The van der Waals surface area contributed by atoms with Gasteiger partial charge in [0, 0.05) is 7.05 Å². The maximum atomic E-state index is 10.7. The third-order valence-electron chi connectivity index (χ3n) is 2.34. The smallest absolute Gasteiger partial charge is 0.354 e. The van der Waals surface area contributed by atoms with Gasteiger partial charge in [-0.3, -0.25) is 4.68 Å². The summed E-state index contributed by atoms with van der Waals surface area (Å²) in [6, 6.07) is 1.67. The van der Waals surface area contributed by atoms with Gasteiger partial charge >= 0.3 is 5.97 Å². The molecular weight excluding hydrogens is 168 g/mol. The van der Waals surface area contributed by atoms with Gasteiger partial charge in [0.2, 0.25) is 0 Å². The van der Waals surface area contributed by atoms with Gasteiger partial charge in [0.15, 0.2) is 0 Å². The molecule has 0 aromatic carbocycles. The van der Waals surface area contributed by atoms with E-state index in [0.29, 0.717) is 0 Å². The van der Waals surface area contributed by atoms with E-state index in [1.807, 2.05) is 0 Å². The summed E-state index contributed by atoms with van der Waals surface area (Å²) in [6.45, 7) is 0. The minimum absolute atomic E-state index is 0.274. The van der Waals surface area contributed by atoms with E-state index < -0.39 is 5.97 Å². The summed E-state index contributed by atoms with van der Waals surface area (Å²) < 4.78 is 1.43. The molecule has 0 radical (unpaired) electrons. The zero-order valence-electron chi connectivity index (χ0n) is 7.53. The largest absolute Gasteiger partial charge is 0.477 e. The van der Waals surface area contributed by atoms with Crippen LogP contribution in [0, 0.1) is 5.92 Å². The van der Waals surface area contributed by atoms with Crippen molar-refractivity contribution < 1.29 is 9.90 Å². The Balaban J connectivity index is 2.18. The highest BCUT2D eigenvalue weighted by molar-refractivity contribution is 5.85. The van der Waals surface area contributed by atoms with Crippen molar-refractivity contribution in [3.05, 3.63) is 17.5 Å². The Bertz CT molecular complexity index is 339. The summed E-state index contributed by atoms with van der Waals surface area (Å²) in [5.74, 6) is -0.159. The number of carboxylic acids is 1. The van der Waals surface area contributed by atoms with Crippen molar-refractivity contribution >= 4 is 5.97 Å². The summed E-state index contributed by atoms with van der Waals surface area (Å²) in [4.78, 5) is 10.7. The molecule has 1 N–H and O–H groups in total. The zero-order valence-corrected chi connectivity index (χ0v) is 7.53. The standard InChI is InChI=1S/C9H12N2O2/c1-11-8(9(12)13)5-7(10-11)4-6-2-3-6/h5-6H,2-4H2,1H3,(H,12,13). The Morgan fingerprint density at radius 2 is 2.46 bits per heavy atom. The molecule has 70 valence electrons. The van der Waals surface area contributed by atoms with Crippen LogP contribution in [0.15, 0.2) is 6.07 Å². The molecule has 0 amide bonds. The summed E-state index contributed by atoms with van der Waals surface area (Å²) in [7, 11) is 1.67. The molecule has 0 aliphatic heterocycles. The molecule has 1 aromatic heterocycles. The van der Waals surface area contributed by atoms with Gasteiger partial charge in [0.1, 0.15) is 5.69 Å². The summed E-state index contributed by atoms with van der Waals surface area (Å²) in [6.07, 6.45) is 3.46. The second-order valence-corrected chi connectivity index (χ2v) is 3.60. The predicted octanol–water partition coefficient (Wildman–Crippen LogP) is 1.07. The Hall–Kier alpha value is -1.32. The van der Waals surface area contributed by atoms with Crippen molar-refractivity contribution in [3.63, 3.8) is 0 Å². The molecule has 13 heavy (non-hydrogen) atoms. The van der Waals surface area contributed by atoms with Crippen molar-refractivity contribution in [1.82, 2.24) is 9.78 Å². The van der Waals surface area contributed by atoms with Crippen LogP contribution in [0.3, 0.4) is 0 Å². The molecule has 1 aromatic rings. The summed E-state index contributed by atoms with van der Waals surface area (Å²) in [5, 5.41) is 12.9. The van der Waals surface area contributed by atoms with Crippen LogP contribution in [0.5, 0.6) is 0 Å². The molecule has 0 atom stereocenters. The molecule has 1 fully saturated rings. The number of aryl methyl sites for hydroxylation is 1. The van der Waals surface area contributed by atoms with Crippen LogP contribution in [0.25, 0.3) is 0 Å². The van der Waals surface area contributed by atoms with Gasteiger partial charge in [0.05, 0.1) is 5.69 Å². The molecule has 0 spiro atoms. The first-order chi connectivity index (χ1) is 6.16. The van der Waals surface area contributed by atoms with Crippen LogP contribution in [0.1, 0.15) is 29.0 Å². The predicted molar refractivity (Wildman–Crippen MR) is 46.6 cm³/mol. The van der Waals surface area contributed by atoms with E-state index in [0.717, 1.165) is 18.0 Å². The first-order valence-electron chi connectivity index (χ1n) is 4.43. The fourth-order valence-corrected chi connectivity index (χ4v) is 1.44. The fourth-order valence-electron chi connectivity index (χ4n) is 1.44. The second-order valence-electron chi connectivity index (χ2n) is 3.60. The van der Waals surface area contributed by atoms with Gasteiger partial charge in [-0.15, -0.1) is 0 Å². The minimum Gasteiger partial charge on any atom is -0.477 e. The summed E-state index contributed by atoms with van der Waals surface area (Å²) in [5.41, 5.74) is 1.18. The van der Waals surface area contributed by atoms with E-state index in [9.17, 15) is 4.79 Å². The number of carboxylic acid groups (broad SMARTS) is 1. The van der Waals surface area contributed by atoms with Crippen LogP contribution in [0.2, 0.25) is 0 Å². The Morgan fingerprint density at radius 3 is 2.92 bits per heavy atom. The molecule has 1 heterocycles. The minimum atomic E-state index is -0.906. The Morgan fingerprint density at radius 1 is 1.77 bits per heavy atom. The molecule has 1 saturated carbocycles. The van der Waals surface area contributed by atoms with Crippen molar-refractivity contribution in [3.8, 4) is 0 Å². The third kappa shape index (κ3) is 1.71. The number of hydrogen-bond acceptors (Lipinski definition) is 2. The first-order valence-corrected chi connectivity index (χ1v) is 4.43. The molecule has 2 rings (SSSR count).